The second-order valence-electron chi connectivity index (χ2n) is 4.84. The van der Waals surface area contributed by atoms with E-state index in [-0.39, 0.29) is 23.4 Å². The summed E-state index contributed by atoms with van der Waals surface area (Å²) in [4.78, 5) is 16.0. The van der Waals surface area contributed by atoms with Gasteiger partial charge in [0.15, 0.2) is 11.5 Å². The Morgan fingerprint density at radius 2 is 1.90 bits per heavy atom. The predicted octanol–water partition coefficient (Wildman–Crippen LogP) is 0.768. The summed E-state index contributed by atoms with van der Waals surface area (Å²) in [5, 5.41) is 27.5. The fourth-order valence-electron chi connectivity index (χ4n) is 2.23. The van der Waals surface area contributed by atoms with Gasteiger partial charge in [0.05, 0.1) is 12.1 Å². The van der Waals surface area contributed by atoms with Crippen molar-refractivity contribution in [3.05, 3.63) is 23.8 Å². The minimum absolute atomic E-state index is 0.148. The zero-order valence-electron chi connectivity index (χ0n) is 11.3. The summed E-state index contributed by atoms with van der Waals surface area (Å²) in [6, 6.07) is 6.09. The fraction of sp³-hybridized carbons (Fsp3) is 0.429. The van der Waals surface area contributed by atoms with Crippen molar-refractivity contribution in [2.24, 2.45) is 0 Å². The van der Waals surface area contributed by atoms with E-state index in [0.717, 1.165) is 0 Å². The average Bonchev–Trinajstić information content (AvgIpc) is 2.48. The number of nitriles is 1. The van der Waals surface area contributed by atoms with Crippen molar-refractivity contribution in [1.82, 2.24) is 9.80 Å². The lowest BCUT2D eigenvalue weighted by Gasteiger charge is -2.35. The SMILES string of the molecule is CC(C#N)N1CCN(C(=O)c2ccc(O)c(O)c2)CC1. The number of amides is 1. The zero-order valence-corrected chi connectivity index (χ0v) is 11.3. The summed E-state index contributed by atoms with van der Waals surface area (Å²) in [5.41, 5.74) is 0.349. The number of phenolic OH excluding ortho intramolecular Hbond substituents is 2. The largest absolute Gasteiger partial charge is 0.504 e. The van der Waals surface area contributed by atoms with Crippen LogP contribution in [-0.4, -0.2) is 58.1 Å². The number of aromatic hydroxyl groups is 2. The van der Waals surface area contributed by atoms with Crippen LogP contribution in [0.5, 0.6) is 11.5 Å². The molecule has 2 rings (SSSR count). The van der Waals surface area contributed by atoms with Gasteiger partial charge in [-0.2, -0.15) is 5.26 Å². The summed E-state index contributed by atoms with van der Waals surface area (Å²) >= 11 is 0. The van der Waals surface area contributed by atoms with Gasteiger partial charge in [-0.1, -0.05) is 0 Å². The second kappa shape index (κ2) is 5.80. The molecule has 0 radical (unpaired) electrons. The Morgan fingerprint density at radius 1 is 1.25 bits per heavy atom. The molecule has 0 aromatic heterocycles. The van der Waals surface area contributed by atoms with Gasteiger partial charge >= 0.3 is 0 Å². The number of hydrogen-bond acceptors (Lipinski definition) is 5. The maximum atomic E-state index is 12.3. The Balaban J connectivity index is 2.01. The monoisotopic (exact) mass is 275 g/mol. The smallest absolute Gasteiger partial charge is 0.254 e. The highest BCUT2D eigenvalue weighted by Gasteiger charge is 2.24. The number of hydrogen-bond donors (Lipinski definition) is 2. The van der Waals surface area contributed by atoms with Crippen LogP contribution in [0.1, 0.15) is 17.3 Å². The molecule has 0 saturated carbocycles. The van der Waals surface area contributed by atoms with Crippen LogP contribution in [0, 0.1) is 11.3 Å². The van der Waals surface area contributed by atoms with Crippen LogP contribution in [0.25, 0.3) is 0 Å². The first-order chi connectivity index (χ1) is 9.52. The maximum Gasteiger partial charge on any atom is 0.254 e. The lowest BCUT2D eigenvalue weighted by atomic mass is 10.1. The molecule has 1 aromatic rings. The Kier molecular flexibility index (Phi) is 4.11. The number of carbonyl (C=O) groups is 1. The van der Waals surface area contributed by atoms with E-state index in [0.29, 0.717) is 31.7 Å². The van der Waals surface area contributed by atoms with Crippen molar-refractivity contribution < 1.29 is 15.0 Å². The molecule has 20 heavy (non-hydrogen) atoms. The molecule has 0 aliphatic carbocycles. The Bertz CT molecular complexity index is 545. The van der Waals surface area contributed by atoms with Crippen LogP contribution in [-0.2, 0) is 0 Å². The van der Waals surface area contributed by atoms with Gasteiger partial charge in [-0.3, -0.25) is 9.69 Å². The predicted molar refractivity (Wildman–Crippen MR) is 72.3 cm³/mol. The third-order valence-electron chi connectivity index (χ3n) is 3.56. The van der Waals surface area contributed by atoms with E-state index in [2.05, 4.69) is 6.07 Å². The van der Waals surface area contributed by atoms with Crippen LogP contribution in [0.2, 0.25) is 0 Å². The molecule has 6 nitrogen and oxygen atoms in total. The van der Waals surface area contributed by atoms with E-state index < -0.39 is 0 Å². The molecule has 1 fully saturated rings. The van der Waals surface area contributed by atoms with Crippen molar-refractivity contribution in [3.63, 3.8) is 0 Å². The molecule has 1 heterocycles. The van der Waals surface area contributed by atoms with Crippen molar-refractivity contribution >= 4 is 5.91 Å². The van der Waals surface area contributed by atoms with E-state index in [4.69, 9.17) is 5.26 Å². The molecule has 1 amide bonds. The first-order valence-electron chi connectivity index (χ1n) is 6.48. The topological polar surface area (TPSA) is 87.8 Å². The van der Waals surface area contributed by atoms with Crippen LogP contribution in [0.3, 0.4) is 0 Å². The molecule has 2 N–H and O–H groups in total. The number of phenols is 2. The van der Waals surface area contributed by atoms with E-state index in [1.54, 1.807) is 4.90 Å². The minimum atomic E-state index is -0.299. The molecule has 0 spiro atoms. The molecule has 1 unspecified atom stereocenters. The molecular formula is C14H17N3O3. The molecule has 1 atom stereocenters. The number of carbonyl (C=O) groups excluding carboxylic acids is 1. The second-order valence-corrected chi connectivity index (χ2v) is 4.84. The van der Waals surface area contributed by atoms with Gasteiger partial charge in [-0.05, 0) is 25.1 Å². The Labute approximate surface area is 117 Å². The highest BCUT2D eigenvalue weighted by molar-refractivity contribution is 5.95. The lowest BCUT2D eigenvalue weighted by Crippen LogP contribution is -2.51. The quantitative estimate of drug-likeness (QED) is 0.778. The Hall–Kier alpha value is -2.26. The molecule has 1 aliphatic heterocycles. The average molecular weight is 275 g/mol. The summed E-state index contributed by atoms with van der Waals surface area (Å²) < 4.78 is 0. The summed E-state index contributed by atoms with van der Waals surface area (Å²) in [6.45, 7) is 4.25. The first kappa shape index (κ1) is 14.2. The van der Waals surface area contributed by atoms with Crippen LogP contribution in [0.15, 0.2) is 18.2 Å². The number of rotatable bonds is 2. The molecule has 106 valence electrons. The normalized spacial score (nSPS) is 17.5. The van der Waals surface area contributed by atoms with Crippen molar-refractivity contribution in [2.75, 3.05) is 26.2 Å². The van der Waals surface area contributed by atoms with Crippen molar-refractivity contribution in [3.8, 4) is 17.6 Å². The molecule has 1 aliphatic rings. The highest BCUT2D eigenvalue weighted by atomic mass is 16.3. The van der Waals surface area contributed by atoms with Gasteiger partial charge in [-0.25, -0.2) is 0 Å². The van der Waals surface area contributed by atoms with Crippen molar-refractivity contribution in [1.29, 1.82) is 5.26 Å². The van der Waals surface area contributed by atoms with E-state index in [9.17, 15) is 15.0 Å². The van der Waals surface area contributed by atoms with Crippen LogP contribution in [0.4, 0.5) is 0 Å². The van der Waals surface area contributed by atoms with Gasteiger partial charge in [0, 0.05) is 31.7 Å². The van der Waals surface area contributed by atoms with Crippen LogP contribution < -0.4 is 0 Å². The van der Waals surface area contributed by atoms with Crippen molar-refractivity contribution in [2.45, 2.75) is 13.0 Å². The van der Waals surface area contributed by atoms with Gasteiger partial charge in [-0.15, -0.1) is 0 Å². The van der Waals surface area contributed by atoms with Gasteiger partial charge in [0.1, 0.15) is 0 Å². The summed E-state index contributed by atoms with van der Waals surface area (Å²) in [5.74, 6) is -0.716. The number of piperazine rings is 1. The maximum absolute atomic E-state index is 12.3. The van der Waals surface area contributed by atoms with E-state index >= 15 is 0 Å². The zero-order chi connectivity index (χ0) is 14.7. The Morgan fingerprint density at radius 3 is 2.45 bits per heavy atom. The summed E-state index contributed by atoms with van der Waals surface area (Å²) in [6.07, 6.45) is 0. The van der Waals surface area contributed by atoms with E-state index in [1.165, 1.54) is 18.2 Å². The molecule has 1 saturated heterocycles. The van der Waals surface area contributed by atoms with Gasteiger partial charge in [0.2, 0.25) is 0 Å². The van der Waals surface area contributed by atoms with E-state index in [1.807, 2.05) is 11.8 Å². The fourth-order valence-corrected chi connectivity index (χ4v) is 2.23. The highest BCUT2D eigenvalue weighted by Crippen LogP contribution is 2.25. The van der Waals surface area contributed by atoms with Gasteiger partial charge < -0.3 is 15.1 Å². The third kappa shape index (κ3) is 2.83. The lowest BCUT2D eigenvalue weighted by molar-refractivity contribution is 0.0615. The third-order valence-corrected chi connectivity index (χ3v) is 3.56. The standard InChI is InChI=1S/C14H17N3O3/c1-10(9-15)16-4-6-17(7-5-16)14(20)11-2-3-12(18)13(19)8-11/h2-3,8,10,18-19H,4-7H2,1H3. The number of benzene rings is 1. The summed E-state index contributed by atoms with van der Waals surface area (Å²) in [7, 11) is 0. The molecule has 6 heteroatoms. The van der Waals surface area contributed by atoms with Gasteiger partial charge in [0.25, 0.3) is 5.91 Å². The number of nitrogens with zero attached hydrogens (tertiary/aromatic N) is 3. The molecule has 1 aromatic carbocycles. The molecule has 0 bridgehead atoms. The first-order valence-corrected chi connectivity index (χ1v) is 6.48. The van der Waals surface area contributed by atoms with Crippen LogP contribution >= 0.6 is 0 Å². The molecular weight excluding hydrogens is 258 g/mol. The minimum Gasteiger partial charge on any atom is -0.504 e.